The van der Waals surface area contributed by atoms with Crippen molar-refractivity contribution in [3.63, 3.8) is 0 Å². The molecule has 0 aliphatic rings. The van der Waals surface area contributed by atoms with Gasteiger partial charge in [0.25, 0.3) is 5.95 Å². The van der Waals surface area contributed by atoms with E-state index in [1.807, 2.05) is 24.4 Å². The van der Waals surface area contributed by atoms with Crippen molar-refractivity contribution < 1.29 is 13.9 Å². The molecule has 0 N–H and O–H groups in total. The Kier molecular flexibility index (Phi) is 2.80. The Balaban J connectivity index is 1.89. The zero-order valence-corrected chi connectivity index (χ0v) is 12.6. The number of thiazole rings is 1. The fourth-order valence-electron chi connectivity index (χ4n) is 2.23. The van der Waals surface area contributed by atoms with Crippen molar-refractivity contribution in [2.24, 2.45) is 0 Å². The molecule has 4 nitrogen and oxygen atoms in total. The molecular weight excluding hydrogens is 306 g/mol. The van der Waals surface area contributed by atoms with Gasteiger partial charge in [-0.3, -0.25) is 4.79 Å². The minimum atomic E-state index is 0.251. The lowest BCUT2D eigenvalue weighted by Crippen LogP contribution is -1.83. The summed E-state index contributed by atoms with van der Waals surface area (Å²) >= 11 is 3.28. The highest BCUT2D eigenvalue weighted by molar-refractivity contribution is 7.21. The Bertz CT molecular complexity index is 964. The molecule has 3 aromatic heterocycles. The van der Waals surface area contributed by atoms with Gasteiger partial charge in [0.1, 0.15) is 5.75 Å². The van der Waals surface area contributed by atoms with Crippen LogP contribution in [0.5, 0.6) is 11.7 Å². The van der Waals surface area contributed by atoms with Crippen molar-refractivity contribution in [2.75, 3.05) is 0 Å². The predicted octanol–water partition coefficient (Wildman–Crippen LogP) is 5.02. The van der Waals surface area contributed by atoms with Crippen LogP contribution >= 0.6 is 22.7 Å². The number of aromatic nitrogens is 1. The maximum absolute atomic E-state index is 10.7. The number of carbonyl (C=O) groups excluding carboxylic acids is 1. The second-order valence-corrected chi connectivity index (χ2v) is 6.65. The Labute approximate surface area is 127 Å². The Hall–Kier alpha value is -2.18. The molecule has 0 saturated heterocycles. The number of hydrogen-bond acceptors (Lipinski definition) is 6. The van der Waals surface area contributed by atoms with Crippen LogP contribution in [0.15, 0.2) is 34.1 Å². The van der Waals surface area contributed by atoms with Gasteiger partial charge in [0.05, 0.1) is 19.9 Å². The van der Waals surface area contributed by atoms with Gasteiger partial charge in [0.2, 0.25) is 0 Å². The Morgan fingerprint density at radius 3 is 3.05 bits per heavy atom. The number of ether oxygens (including phenoxy) is 1. The molecule has 1 aromatic carbocycles. The fourth-order valence-corrected chi connectivity index (χ4v) is 4.07. The summed E-state index contributed by atoms with van der Waals surface area (Å²) < 4.78 is 13.3. The van der Waals surface area contributed by atoms with E-state index in [-0.39, 0.29) is 5.76 Å². The number of fused-ring (bicyclic) bond motifs is 3. The molecular formula is C15H9NO3S2. The smallest absolute Gasteiger partial charge is 0.290 e. The van der Waals surface area contributed by atoms with Crippen LogP contribution in [-0.4, -0.2) is 11.3 Å². The van der Waals surface area contributed by atoms with Gasteiger partial charge in [-0.25, -0.2) is 4.98 Å². The zero-order valence-electron chi connectivity index (χ0n) is 11.0. The highest BCUT2D eigenvalue weighted by Crippen LogP contribution is 2.40. The quantitative estimate of drug-likeness (QED) is 0.498. The number of benzene rings is 1. The van der Waals surface area contributed by atoms with Crippen molar-refractivity contribution >= 4 is 49.3 Å². The molecule has 0 unspecified atom stereocenters. The molecule has 0 aliphatic carbocycles. The van der Waals surface area contributed by atoms with E-state index < -0.39 is 0 Å². The van der Waals surface area contributed by atoms with Gasteiger partial charge < -0.3 is 9.15 Å². The summed E-state index contributed by atoms with van der Waals surface area (Å²) in [5.74, 6) is 1.28. The molecule has 4 aromatic rings. The Morgan fingerprint density at radius 2 is 2.24 bits per heavy atom. The highest BCUT2D eigenvalue weighted by Gasteiger charge is 2.14. The SMILES string of the molecule is Cc1nc2c(cc(Oc3ccc(C=O)o3)c3ccsc32)s1. The van der Waals surface area contributed by atoms with Gasteiger partial charge in [0, 0.05) is 17.5 Å². The lowest BCUT2D eigenvalue weighted by Gasteiger charge is -2.04. The average molecular weight is 315 g/mol. The molecule has 0 radical (unpaired) electrons. The van der Waals surface area contributed by atoms with Crippen LogP contribution in [-0.2, 0) is 0 Å². The van der Waals surface area contributed by atoms with Crippen molar-refractivity contribution in [1.29, 1.82) is 0 Å². The number of thiophene rings is 1. The third kappa shape index (κ3) is 2.03. The number of aryl methyl sites for hydroxylation is 1. The number of rotatable bonds is 3. The summed E-state index contributed by atoms with van der Waals surface area (Å²) in [5, 5.41) is 4.05. The monoisotopic (exact) mass is 315 g/mol. The van der Waals surface area contributed by atoms with Crippen LogP contribution in [0.1, 0.15) is 15.6 Å². The van der Waals surface area contributed by atoms with E-state index in [1.165, 1.54) is 0 Å². The van der Waals surface area contributed by atoms with Crippen LogP contribution in [0.25, 0.3) is 20.3 Å². The number of nitrogens with zero attached hydrogens (tertiary/aromatic N) is 1. The van der Waals surface area contributed by atoms with E-state index in [0.717, 1.165) is 25.3 Å². The molecule has 0 spiro atoms. The second kappa shape index (κ2) is 4.68. The average Bonchev–Trinajstić information content (AvgIpc) is 3.16. The first-order valence-electron chi connectivity index (χ1n) is 6.25. The minimum absolute atomic E-state index is 0.251. The summed E-state index contributed by atoms with van der Waals surface area (Å²) in [6.45, 7) is 1.99. The topological polar surface area (TPSA) is 52.3 Å². The molecule has 4 rings (SSSR count). The Morgan fingerprint density at radius 1 is 1.33 bits per heavy atom. The summed E-state index contributed by atoms with van der Waals surface area (Å²) in [6.07, 6.45) is 0.656. The third-order valence-electron chi connectivity index (χ3n) is 3.10. The number of aldehydes is 1. The summed E-state index contributed by atoms with van der Waals surface area (Å²) in [6, 6.07) is 7.21. The molecule has 0 atom stereocenters. The van der Waals surface area contributed by atoms with E-state index >= 15 is 0 Å². The van der Waals surface area contributed by atoms with Gasteiger partial charge in [-0.05, 0) is 24.4 Å². The molecule has 104 valence electrons. The van der Waals surface area contributed by atoms with Crippen LogP contribution in [0.4, 0.5) is 0 Å². The van der Waals surface area contributed by atoms with Crippen LogP contribution < -0.4 is 4.74 Å². The summed E-state index contributed by atoms with van der Waals surface area (Å²) in [7, 11) is 0. The summed E-state index contributed by atoms with van der Waals surface area (Å²) in [5.41, 5.74) is 1.02. The lowest BCUT2D eigenvalue weighted by molar-refractivity contribution is 0.109. The third-order valence-corrected chi connectivity index (χ3v) is 4.94. The van der Waals surface area contributed by atoms with Crippen LogP contribution in [0.2, 0.25) is 0 Å². The van der Waals surface area contributed by atoms with E-state index in [9.17, 15) is 4.79 Å². The molecule has 6 heteroatoms. The molecule has 3 heterocycles. The van der Waals surface area contributed by atoms with Crippen molar-refractivity contribution in [1.82, 2.24) is 4.98 Å². The maximum atomic E-state index is 10.7. The van der Waals surface area contributed by atoms with Crippen molar-refractivity contribution in [3.8, 4) is 11.7 Å². The van der Waals surface area contributed by atoms with E-state index in [1.54, 1.807) is 34.8 Å². The van der Waals surface area contributed by atoms with Crippen molar-refractivity contribution in [3.05, 3.63) is 40.4 Å². The van der Waals surface area contributed by atoms with Crippen LogP contribution in [0, 0.1) is 6.92 Å². The largest absolute Gasteiger partial charge is 0.425 e. The van der Waals surface area contributed by atoms with E-state index in [4.69, 9.17) is 9.15 Å². The molecule has 0 saturated carbocycles. The van der Waals surface area contributed by atoms with E-state index in [0.29, 0.717) is 18.0 Å². The van der Waals surface area contributed by atoms with E-state index in [2.05, 4.69) is 4.98 Å². The first-order chi connectivity index (χ1) is 10.2. The number of hydrogen-bond donors (Lipinski definition) is 0. The number of carbonyl (C=O) groups is 1. The first-order valence-corrected chi connectivity index (χ1v) is 7.94. The lowest BCUT2D eigenvalue weighted by atomic mass is 10.2. The standard InChI is InChI=1S/C15H9NO3S2/c1-8-16-14-12(21-8)6-11(10-4-5-20-15(10)14)19-13-3-2-9(7-17)18-13/h2-7H,1H3. The van der Waals surface area contributed by atoms with Gasteiger partial charge >= 0.3 is 0 Å². The normalized spacial score (nSPS) is 11.3. The summed E-state index contributed by atoms with van der Waals surface area (Å²) in [4.78, 5) is 15.2. The first kappa shape index (κ1) is 12.6. The van der Waals surface area contributed by atoms with Crippen LogP contribution in [0.3, 0.4) is 0 Å². The van der Waals surface area contributed by atoms with Gasteiger partial charge in [0.15, 0.2) is 12.0 Å². The second-order valence-electron chi connectivity index (χ2n) is 4.49. The molecule has 21 heavy (non-hydrogen) atoms. The molecule has 0 bridgehead atoms. The molecule has 0 fully saturated rings. The van der Waals surface area contributed by atoms with Gasteiger partial charge in [-0.2, -0.15) is 0 Å². The highest BCUT2D eigenvalue weighted by atomic mass is 32.1. The fraction of sp³-hybridized carbons (Fsp3) is 0.0667. The van der Waals surface area contributed by atoms with Gasteiger partial charge in [-0.1, -0.05) is 0 Å². The van der Waals surface area contributed by atoms with Gasteiger partial charge in [-0.15, -0.1) is 22.7 Å². The molecule has 0 aliphatic heterocycles. The minimum Gasteiger partial charge on any atom is -0.425 e. The zero-order chi connectivity index (χ0) is 14.4. The molecule has 0 amide bonds. The van der Waals surface area contributed by atoms with Crippen molar-refractivity contribution in [2.45, 2.75) is 6.92 Å². The predicted molar refractivity (Wildman–Crippen MR) is 83.9 cm³/mol. The maximum Gasteiger partial charge on any atom is 0.290 e. The number of furan rings is 1.